The lowest BCUT2D eigenvalue weighted by Gasteiger charge is -2.28. The predicted octanol–water partition coefficient (Wildman–Crippen LogP) is 3.42. The standard InChI is InChI=1S/C20H24N2O3S/c1-15-8-10-17(11-9-15)16(2)21-20(23)18-6-5-7-19(14-18)22-12-3-4-13-26(22,24)25/h5-11,14,16H,3-4,12-13H2,1-2H3,(H,21,23)/t16-/m1/s1. The summed E-state index contributed by atoms with van der Waals surface area (Å²) in [5.74, 6) is -0.0530. The van der Waals surface area contributed by atoms with E-state index in [9.17, 15) is 13.2 Å². The Morgan fingerprint density at radius 3 is 2.54 bits per heavy atom. The van der Waals surface area contributed by atoms with Gasteiger partial charge in [0.05, 0.1) is 17.5 Å². The average Bonchev–Trinajstić information content (AvgIpc) is 2.62. The Balaban J connectivity index is 1.77. The molecule has 0 radical (unpaired) electrons. The number of rotatable bonds is 4. The molecule has 1 fully saturated rings. The Hall–Kier alpha value is -2.34. The summed E-state index contributed by atoms with van der Waals surface area (Å²) in [6.07, 6.45) is 1.52. The lowest BCUT2D eigenvalue weighted by molar-refractivity contribution is 0.0940. The fourth-order valence-electron chi connectivity index (χ4n) is 3.10. The van der Waals surface area contributed by atoms with Gasteiger partial charge < -0.3 is 5.32 Å². The van der Waals surface area contributed by atoms with Gasteiger partial charge in [0.2, 0.25) is 10.0 Å². The van der Waals surface area contributed by atoms with E-state index in [0.717, 1.165) is 12.0 Å². The molecule has 1 amide bonds. The molecule has 26 heavy (non-hydrogen) atoms. The van der Waals surface area contributed by atoms with Gasteiger partial charge in [0.15, 0.2) is 0 Å². The molecule has 0 unspecified atom stereocenters. The zero-order chi connectivity index (χ0) is 18.7. The van der Waals surface area contributed by atoms with Crippen LogP contribution in [0.15, 0.2) is 48.5 Å². The van der Waals surface area contributed by atoms with Crippen molar-refractivity contribution in [1.29, 1.82) is 0 Å². The average molecular weight is 372 g/mol. The molecule has 2 aromatic carbocycles. The molecule has 1 aliphatic heterocycles. The first-order chi connectivity index (χ1) is 12.4. The number of amides is 1. The summed E-state index contributed by atoms with van der Waals surface area (Å²) in [6.45, 7) is 4.42. The van der Waals surface area contributed by atoms with Gasteiger partial charge in [0.1, 0.15) is 0 Å². The van der Waals surface area contributed by atoms with Crippen LogP contribution in [0.1, 0.15) is 47.3 Å². The Kier molecular flexibility index (Phi) is 5.32. The maximum Gasteiger partial charge on any atom is 0.251 e. The first-order valence-corrected chi connectivity index (χ1v) is 10.5. The summed E-state index contributed by atoms with van der Waals surface area (Å²) in [7, 11) is -3.29. The van der Waals surface area contributed by atoms with Crippen molar-refractivity contribution < 1.29 is 13.2 Å². The van der Waals surface area contributed by atoms with Crippen LogP contribution in [0, 0.1) is 6.92 Å². The Morgan fingerprint density at radius 1 is 1.12 bits per heavy atom. The van der Waals surface area contributed by atoms with E-state index in [1.165, 1.54) is 9.87 Å². The van der Waals surface area contributed by atoms with Crippen LogP contribution in [0.3, 0.4) is 0 Å². The molecule has 3 rings (SSSR count). The highest BCUT2D eigenvalue weighted by molar-refractivity contribution is 7.92. The highest BCUT2D eigenvalue weighted by Gasteiger charge is 2.26. The lowest BCUT2D eigenvalue weighted by Crippen LogP contribution is -2.38. The lowest BCUT2D eigenvalue weighted by atomic mass is 10.1. The molecule has 1 atom stereocenters. The van der Waals surface area contributed by atoms with Crippen molar-refractivity contribution in [3.05, 3.63) is 65.2 Å². The summed E-state index contributed by atoms with van der Waals surface area (Å²) in [4.78, 5) is 12.6. The van der Waals surface area contributed by atoms with Crippen molar-refractivity contribution in [1.82, 2.24) is 5.32 Å². The third-order valence-electron chi connectivity index (χ3n) is 4.67. The monoisotopic (exact) mass is 372 g/mol. The fraction of sp³-hybridized carbons (Fsp3) is 0.350. The van der Waals surface area contributed by atoms with Crippen LogP contribution in [0.25, 0.3) is 0 Å². The van der Waals surface area contributed by atoms with Gasteiger partial charge in [-0.15, -0.1) is 0 Å². The highest BCUT2D eigenvalue weighted by Crippen LogP contribution is 2.24. The van der Waals surface area contributed by atoms with Gasteiger partial charge in [-0.25, -0.2) is 8.42 Å². The van der Waals surface area contributed by atoms with Crippen LogP contribution in [0.4, 0.5) is 5.69 Å². The number of nitrogens with one attached hydrogen (secondary N) is 1. The molecule has 0 aliphatic carbocycles. The number of nitrogens with zero attached hydrogens (tertiary/aromatic N) is 1. The van der Waals surface area contributed by atoms with E-state index in [0.29, 0.717) is 24.2 Å². The zero-order valence-corrected chi connectivity index (χ0v) is 15.9. The normalized spacial score (nSPS) is 17.5. The summed E-state index contributed by atoms with van der Waals surface area (Å²) in [5, 5.41) is 2.98. The predicted molar refractivity (Wildman–Crippen MR) is 104 cm³/mol. The van der Waals surface area contributed by atoms with E-state index in [1.807, 2.05) is 38.1 Å². The van der Waals surface area contributed by atoms with Gasteiger partial charge in [0, 0.05) is 12.1 Å². The number of sulfonamides is 1. The highest BCUT2D eigenvalue weighted by atomic mass is 32.2. The fourth-order valence-corrected chi connectivity index (χ4v) is 4.73. The number of benzene rings is 2. The van der Waals surface area contributed by atoms with Gasteiger partial charge in [-0.05, 0) is 50.5 Å². The number of hydrogen-bond donors (Lipinski definition) is 1. The third-order valence-corrected chi connectivity index (χ3v) is 6.54. The smallest absolute Gasteiger partial charge is 0.251 e. The molecule has 1 heterocycles. The zero-order valence-electron chi connectivity index (χ0n) is 15.1. The molecule has 0 saturated carbocycles. The second kappa shape index (κ2) is 7.50. The number of anilines is 1. The Bertz CT molecular complexity index is 892. The molecule has 1 N–H and O–H groups in total. The minimum atomic E-state index is -3.29. The first-order valence-electron chi connectivity index (χ1n) is 8.85. The summed E-state index contributed by atoms with van der Waals surface area (Å²) < 4.78 is 26.0. The second-order valence-corrected chi connectivity index (χ2v) is 8.76. The third kappa shape index (κ3) is 4.07. The first kappa shape index (κ1) is 18.5. The largest absolute Gasteiger partial charge is 0.346 e. The molecule has 5 nitrogen and oxygen atoms in total. The van der Waals surface area contributed by atoms with Crippen LogP contribution < -0.4 is 9.62 Å². The molecule has 2 aromatic rings. The molecule has 0 bridgehead atoms. The van der Waals surface area contributed by atoms with Crippen LogP contribution in [0.5, 0.6) is 0 Å². The quantitative estimate of drug-likeness (QED) is 0.894. The van der Waals surface area contributed by atoms with Crippen molar-refractivity contribution >= 4 is 21.6 Å². The molecular formula is C20H24N2O3S. The maximum atomic E-state index is 12.6. The van der Waals surface area contributed by atoms with E-state index in [4.69, 9.17) is 0 Å². The van der Waals surface area contributed by atoms with Gasteiger partial charge in [-0.1, -0.05) is 35.9 Å². The number of aryl methyl sites for hydroxylation is 1. The molecule has 0 aromatic heterocycles. The maximum absolute atomic E-state index is 12.6. The number of carbonyl (C=O) groups is 1. The second-order valence-electron chi connectivity index (χ2n) is 6.75. The number of hydrogen-bond acceptors (Lipinski definition) is 3. The van der Waals surface area contributed by atoms with Gasteiger partial charge >= 0.3 is 0 Å². The Labute approximate surface area is 155 Å². The van der Waals surface area contributed by atoms with Crippen molar-refractivity contribution in [3.63, 3.8) is 0 Å². The minimum absolute atomic E-state index is 0.134. The van der Waals surface area contributed by atoms with E-state index in [2.05, 4.69) is 5.32 Å². The van der Waals surface area contributed by atoms with E-state index >= 15 is 0 Å². The van der Waals surface area contributed by atoms with Crippen molar-refractivity contribution in [2.75, 3.05) is 16.6 Å². The molecule has 138 valence electrons. The summed E-state index contributed by atoms with van der Waals surface area (Å²) >= 11 is 0. The van der Waals surface area contributed by atoms with Crippen LogP contribution in [0.2, 0.25) is 0 Å². The van der Waals surface area contributed by atoms with Gasteiger partial charge in [-0.3, -0.25) is 9.10 Å². The van der Waals surface area contributed by atoms with Gasteiger partial charge in [-0.2, -0.15) is 0 Å². The van der Waals surface area contributed by atoms with Crippen LogP contribution in [-0.4, -0.2) is 26.6 Å². The SMILES string of the molecule is Cc1ccc([C@@H](C)NC(=O)c2cccc(N3CCCCS3(=O)=O)c2)cc1. The van der Waals surface area contributed by atoms with E-state index in [1.54, 1.807) is 24.3 Å². The molecule has 6 heteroatoms. The number of carbonyl (C=O) groups excluding carboxylic acids is 1. The summed E-state index contributed by atoms with van der Waals surface area (Å²) in [5.41, 5.74) is 3.21. The topological polar surface area (TPSA) is 66.5 Å². The van der Waals surface area contributed by atoms with Crippen LogP contribution in [-0.2, 0) is 10.0 Å². The minimum Gasteiger partial charge on any atom is -0.346 e. The molecular weight excluding hydrogens is 348 g/mol. The van der Waals surface area contributed by atoms with Crippen LogP contribution >= 0.6 is 0 Å². The van der Waals surface area contributed by atoms with Crippen molar-refractivity contribution in [2.45, 2.75) is 32.7 Å². The van der Waals surface area contributed by atoms with Crippen molar-refractivity contribution in [3.8, 4) is 0 Å². The van der Waals surface area contributed by atoms with E-state index in [-0.39, 0.29) is 17.7 Å². The van der Waals surface area contributed by atoms with Gasteiger partial charge in [0.25, 0.3) is 5.91 Å². The molecule has 1 saturated heterocycles. The summed E-state index contributed by atoms with van der Waals surface area (Å²) in [6, 6.07) is 14.7. The van der Waals surface area contributed by atoms with Crippen molar-refractivity contribution in [2.24, 2.45) is 0 Å². The Morgan fingerprint density at radius 2 is 1.85 bits per heavy atom. The molecule has 1 aliphatic rings. The molecule has 0 spiro atoms. The van der Waals surface area contributed by atoms with E-state index < -0.39 is 10.0 Å².